The fourth-order valence-electron chi connectivity index (χ4n) is 3.03. The van der Waals surface area contributed by atoms with Crippen molar-refractivity contribution >= 4 is 11.3 Å². The van der Waals surface area contributed by atoms with Gasteiger partial charge >= 0.3 is 0 Å². The van der Waals surface area contributed by atoms with Gasteiger partial charge in [-0.15, -0.1) is 11.3 Å². The van der Waals surface area contributed by atoms with Crippen molar-refractivity contribution in [1.82, 2.24) is 14.9 Å². The Morgan fingerprint density at radius 3 is 3.10 bits per heavy atom. The first-order valence-electron chi connectivity index (χ1n) is 7.35. The standard InChI is InChI=1S/C16H21N3S/c1-13-11-14(6-7-17-13)4-5-15-3-2-9-19(15)12-16-18-8-10-20-16/h6-8,10-11,15H,2-5,9,12H2,1H3. The fraction of sp³-hybridized carbons (Fsp3) is 0.500. The van der Waals surface area contributed by atoms with Gasteiger partial charge in [-0.05, 0) is 56.8 Å². The zero-order valence-electron chi connectivity index (χ0n) is 12.0. The smallest absolute Gasteiger partial charge is 0.107 e. The molecule has 1 unspecified atom stereocenters. The Kier molecular flexibility index (Phi) is 4.43. The molecule has 3 heterocycles. The molecule has 0 aromatic carbocycles. The van der Waals surface area contributed by atoms with Crippen molar-refractivity contribution < 1.29 is 0 Å². The van der Waals surface area contributed by atoms with Gasteiger partial charge in [-0.2, -0.15) is 0 Å². The molecule has 0 amide bonds. The van der Waals surface area contributed by atoms with Crippen molar-refractivity contribution in [2.45, 2.75) is 45.2 Å². The minimum absolute atomic E-state index is 0.715. The molecule has 20 heavy (non-hydrogen) atoms. The summed E-state index contributed by atoms with van der Waals surface area (Å²) in [5.41, 5.74) is 2.53. The van der Waals surface area contributed by atoms with Crippen molar-refractivity contribution in [3.05, 3.63) is 46.2 Å². The summed E-state index contributed by atoms with van der Waals surface area (Å²) in [6, 6.07) is 5.07. The number of hydrogen-bond donors (Lipinski definition) is 0. The predicted molar refractivity (Wildman–Crippen MR) is 82.8 cm³/mol. The van der Waals surface area contributed by atoms with Crippen LogP contribution in [0.3, 0.4) is 0 Å². The zero-order chi connectivity index (χ0) is 13.8. The summed E-state index contributed by atoms with van der Waals surface area (Å²) >= 11 is 1.77. The number of hydrogen-bond acceptors (Lipinski definition) is 4. The van der Waals surface area contributed by atoms with Gasteiger partial charge in [0.2, 0.25) is 0 Å². The van der Waals surface area contributed by atoms with Crippen LogP contribution in [0.25, 0.3) is 0 Å². The normalized spacial score (nSPS) is 19.6. The number of pyridine rings is 1. The quantitative estimate of drug-likeness (QED) is 0.843. The van der Waals surface area contributed by atoms with Crippen LogP contribution in [-0.4, -0.2) is 27.5 Å². The highest BCUT2D eigenvalue weighted by atomic mass is 32.1. The maximum Gasteiger partial charge on any atom is 0.107 e. The molecule has 3 rings (SSSR count). The Hall–Kier alpha value is -1.26. The Balaban J connectivity index is 1.56. The highest BCUT2D eigenvalue weighted by Crippen LogP contribution is 2.24. The molecular formula is C16H21N3S. The lowest BCUT2D eigenvalue weighted by molar-refractivity contribution is 0.234. The van der Waals surface area contributed by atoms with Crippen LogP contribution >= 0.6 is 11.3 Å². The molecule has 0 aliphatic carbocycles. The van der Waals surface area contributed by atoms with E-state index in [0.717, 1.165) is 18.7 Å². The molecule has 0 saturated carbocycles. The van der Waals surface area contributed by atoms with E-state index in [2.05, 4.69) is 39.3 Å². The molecule has 4 heteroatoms. The summed E-state index contributed by atoms with van der Waals surface area (Å²) in [5.74, 6) is 0. The summed E-state index contributed by atoms with van der Waals surface area (Å²) in [7, 11) is 0. The van der Waals surface area contributed by atoms with E-state index in [0.29, 0.717) is 6.04 Å². The Morgan fingerprint density at radius 1 is 1.35 bits per heavy atom. The average molecular weight is 287 g/mol. The molecule has 1 aliphatic rings. The first-order valence-corrected chi connectivity index (χ1v) is 8.23. The van der Waals surface area contributed by atoms with E-state index in [1.165, 1.54) is 36.4 Å². The van der Waals surface area contributed by atoms with Crippen LogP contribution in [0.2, 0.25) is 0 Å². The number of nitrogens with zero attached hydrogens (tertiary/aromatic N) is 3. The maximum atomic E-state index is 4.41. The summed E-state index contributed by atoms with van der Waals surface area (Å²) < 4.78 is 0. The lowest BCUT2D eigenvalue weighted by atomic mass is 10.0. The molecule has 0 radical (unpaired) electrons. The molecular weight excluding hydrogens is 266 g/mol. The SMILES string of the molecule is Cc1cc(CCC2CCCN2Cc2nccs2)ccn1. The molecule has 2 aromatic rings. The lowest BCUT2D eigenvalue weighted by Crippen LogP contribution is -2.29. The lowest BCUT2D eigenvalue weighted by Gasteiger charge is -2.23. The van der Waals surface area contributed by atoms with E-state index in [4.69, 9.17) is 0 Å². The molecule has 2 aromatic heterocycles. The molecule has 3 nitrogen and oxygen atoms in total. The van der Waals surface area contributed by atoms with Crippen LogP contribution in [0.5, 0.6) is 0 Å². The predicted octanol–water partition coefficient (Wildman–Crippen LogP) is 3.44. The number of thiazole rings is 1. The van der Waals surface area contributed by atoms with Crippen LogP contribution < -0.4 is 0 Å². The average Bonchev–Trinajstić information content (AvgIpc) is 3.09. The second-order valence-electron chi connectivity index (χ2n) is 5.54. The van der Waals surface area contributed by atoms with Crippen LogP contribution in [0.4, 0.5) is 0 Å². The van der Waals surface area contributed by atoms with Gasteiger partial charge in [-0.1, -0.05) is 0 Å². The number of aromatic nitrogens is 2. The number of rotatable bonds is 5. The molecule has 1 atom stereocenters. The number of aryl methyl sites for hydroxylation is 2. The highest BCUT2D eigenvalue weighted by molar-refractivity contribution is 7.09. The summed E-state index contributed by atoms with van der Waals surface area (Å²) in [5, 5.41) is 3.32. The summed E-state index contributed by atoms with van der Waals surface area (Å²) in [4.78, 5) is 11.3. The van der Waals surface area contributed by atoms with Crippen LogP contribution in [-0.2, 0) is 13.0 Å². The van der Waals surface area contributed by atoms with Crippen molar-refractivity contribution in [2.75, 3.05) is 6.54 Å². The molecule has 0 bridgehead atoms. The summed E-state index contributed by atoms with van der Waals surface area (Å²) in [6.07, 6.45) is 8.88. The molecule has 1 saturated heterocycles. The first kappa shape index (κ1) is 13.7. The largest absolute Gasteiger partial charge is 0.294 e. The van der Waals surface area contributed by atoms with Crippen LogP contribution in [0.15, 0.2) is 29.9 Å². The molecule has 0 spiro atoms. The topological polar surface area (TPSA) is 29.0 Å². The van der Waals surface area contributed by atoms with Gasteiger partial charge in [0.15, 0.2) is 0 Å². The van der Waals surface area contributed by atoms with Crippen molar-refractivity contribution in [3.8, 4) is 0 Å². The monoisotopic (exact) mass is 287 g/mol. The zero-order valence-corrected chi connectivity index (χ0v) is 12.8. The first-order chi connectivity index (χ1) is 9.81. The van der Waals surface area contributed by atoms with Gasteiger partial charge < -0.3 is 0 Å². The van der Waals surface area contributed by atoms with Crippen molar-refractivity contribution in [3.63, 3.8) is 0 Å². The van der Waals surface area contributed by atoms with E-state index in [9.17, 15) is 0 Å². The third-order valence-corrected chi connectivity index (χ3v) is 4.81. The maximum absolute atomic E-state index is 4.41. The van der Waals surface area contributed by atoms with Crippen LogP contribution in [0.1, 0.15) is 35.5 Å². The minimum atomic E-state index is 0.715. The Bertz CT molecular complexity index is 538. The molecule has 1 fully saturated rings. The van der Waals surface area contributed by atoms with Gasteiger partial charge in [-0.3, -0.25) is 9.88 Å². The molecule has 106 valence electrons. The second-order valence-corrected chi connectivity index (χ2v) is 6.52. The van der Waals surface area contributed by atoms with E-state index in [-0.39, 0.29) is 0 Å². The van der Waals surface area contributed by atoms with Crippen LogP contribution in [0, 0.1) is 6.92 Å². The second kappa shape index (κ2) is 6.46. The third kappa shape index (κ3) is 3.44. The Morgan fingerprint density at radius 2 is 2.30 bits per heavy atom. The van der Waals surface area contributed by atoms with E-state index < -0.39 is 0 Å². The van der Waals surface area contributed by atoms with E-state index >= 15 is 0 Å². The highest BCUT2D eigenvalue weighted by Gasteiger charge is 2.24. The minimum Gasteiger partial charge on any atom is -0.294 e. The van der Waals surface area contributed by atoms with E-state index in [1.807, 2.05) is 12.4 Å². The van der Waals surface area contributed by atoms with Gasteiger partial charge in [0.1, 0.15) is 5.01 Å². The number of likely N-dealkylation sites (tertiary alicyclic amines) is 1. The third-order valence-electron chi connectivity index (χ3n) is 4.05. The van der Waals surface area contributed by atoms with Gasteiger partial charge in [-0.25, -0.2) is 4.98 Å². The van der Waals surface area contributed by atoms with Gasteiger partial charge in [0.05, 0.1) is 6.54 Å². The van der Waals surface area contributed by atoms with Crippen molar-refractivity contribution in [1.29, 1.82) is 0 Å². The van der Waals surface area contributed by atoms with Gasteiger partial charge in [0, 0.05) is 29.5 Å². The summed E-state index contributed by atoms with van der Waals surface area (Å²) in [6.45, 7) is 4.31. The molecule has 1 aliphatic heterocycles. The van der Waals surface area contributed by atoms with Crippen molar-refractivity contribution in [2.24, 2.45) is 0 Å². The molecule has 0 N–H and O–H groups in total. The van der Waals surface area contributed by atoms with Gasteiger partial charge in [0.25, 0.3) is 0 Å². The van der Waals surface area contributed by atoms with E-state index in [1.54, 1.807) is 11.3 Å². The fourth-order valence-corrected chi connectivity index (χ4v) is 3.67. The Labute approximate surface area is 124 Å².